The van der Waals surface area contributed by atoms with Crippen molar-refractivity contribution in [1.29, 1.82) is 0 Å². The largest absolute Gasteiger partial charge is 0.481 e. The van der Waals surface area contributed by atoms with E-state index in [1.54, 1.807) is 30.1 Å². The monoisotopic (exact) mass is 523 g/mol. The quantitative estimate of drug-likeness (QED) is 0.636. The second-order valence-corrected chi connectivity index (χ2v) is 9.01. The zero-order chi connectivity index (χ0) is 27.4. The first-order chi connectivity index (χ1) is 18.4. The maximum Gasteiger partial charge on any atom is 0.413 e. The van der Waals surface area contributed by atoms with Gasteiger partial charge in [0.25, 0.3) is 5.91 Å². The van der Waals surface area contributed by atoms with Crippen molar-refractivity contribution in [2.75, 3.05) is 43.6 Å². The third-order valence-corrected chi connectivity index (χ3v) is 7.09. The fraction of sp³-hybridized carbons (Fsp3) is 0.429. The molecule has 4 heterocycles. The number of anilines is 2. The molecule has 5 rings (SSSR count). The number of hydrogen-bond acceptors (Lipinski definition) is 7. The molecule has 0 unspecified atom stereocenters. The van der Waals surface area contributed by atoms with Gasteiger partial charge in [0.05, 0.1) is 7.11 Å². The summed E-state index contributed by atoms with van der Waals surface area (Å²) in [4.78, 5) is 38.2. The highest BCUT2D eigenvalue weighted by Gasteiger charge is 2.46. The summed E-state index contributed by atoms with van der Waals surface area (Å²) >= 11 is 0. The maximum atomic E-state index is 13.6. The first-order valence-electron chi connectivity index (χ1n) is 12.9. The van der Waals surface area contributed by atoms with Gasteiger partial charge in [0.15, 0.2) is 0 Å². The standard InChI is InChI=1S/C26H28FN5O4.C2H6/c1-4-19-23(28-2)30-25(34)36-26(19)8-11-31(12-9-26)21-14-17(15-22(29-21)35-3)24(33)32-10-7-16-13-18(27)5-6-20(16)32;1-2/h4-6,13-15H,7-12H2,1-3H3,(H,28,30,34);1-2H3/b19-4+;. The predicted octanol–water partition coefficient (Wildman–Crippen LogP) is 4.51. The lowest BCUT2D eigenvalue weighted by atomic mass is 9.82. The molecule has 2 amide bonds. The van der Waals surface area contributed by atoms with Gasteiger partial charge in [0.2, 0.25) is 5.88 Å². The van der Waals surface area contributed by atoms with Gasteiger partial charge in [-0.15, -0.1) is 0 Å². The number of rotatable bonds is 3. The number of alkyl carbamates (subject to hydrolysis) is 1. The van der Waals surface area contributed by atoms with E-state index in [4.69, 9.17) is 9.47 Å². The molecule has 2 aromatic rings. The number of carbonyl (C=O) groups excluding carboxylic acids is 2. The molecule has 0 bridgehead atoms. The molecule has 1 spiro atoms. The van der Waals surface area contributed by atoms with Gasteiger partial charge in [-0.05, 0) is 43.2 Å². The van der Waals surface area contributed by atoms with E-state index in [2.05, 4.69) is 20.2 Å². The number of piperidine rings is 1. The molecule has 1 N–H and O–H groups in total. The summed E-state index contributed by atoms with van der Waals surface area (Å²) in [7, 11) is 3.15. The molecule has 1 aromatic carbocycles. The third kappa shape index (κ3) is 4.94. The summed E-state index contributed by atoms with van der Waals surface area (Å²) < 4.78 is 24.8. The molecule has 38 heavy (non-hydrogen) atoms. The first kappa shape index (κ1) is 27.1. The van der Waals surface area contributed by atoms with Gasteiger partial charge >= 0.3 is 6.09 Å². The van der Waals surface area contributed by atoms with Gasteiger partial charge in [-0.3, -0.25) is 15.1 Å². The second-order valence-electron chi connectivity index (χ2n) is 9.01. The Hall–Kier alpha value is -3.95. The summed E-state index contributed by atoms with van der Waals surface area (Å²) in [5.74, 6) is 0.968. The molecule has 0 radical (unpaired) electrons. The van der Waals surface area contributed by atoms with Crippen LogP contribution in [0.4, 0.5) is 20.7 Å². The number of benzene rings is 1. The number of aliphatic imine (C=N–C) groups is 1. The molecule has 9 nitrogen and oxygen atoms in total. The van der Waals surface area contributed by atoms with E-state index in [9.17, 15) is 14.0 Å². The Bertz CT molecular complexity index is 1280. The van der Waals surface area contributed by atoms with E-state index >= 15 is 0 Å². The lowest BCUT2D eigenvalue weighted by Crippen LogP contribution is -2.57. The van der Waals surface area contributed by atoms with Crippen LogP contribution in [0.5, 0.6) is 5.88 Å². The Balaban J connectivity index is 0.00000164. The molecule has 3 aliphatic heterocycles. The number of aromatic nitrogens is 1. The lowest BCUT2D eigenvalue weighted by molar-refractivity contribution is 0.0207. The van der Waals surface area contributed by atoms with Crippen molar-refractivity contribution in [1.82, 2.24) is 10.3 Å². The number of pyridine rings is 1. The number of allylic oxidation sites excluding steroid dienone is 1. The van der Waals surface area contributed by atoms with Crippen molar-refractivity contribution in [3.63, 3.8) is 0 Å². The van der Waals surface area contributed by atoms with Crippen LogP contribution >= 0.6 is 0 Å². The lowest BCUT2D eigenvalue weighted by Gasteiger charge is -2.45. The zero-order valence-corrected chi connectivity index (χ0v) is 22.5. The van der Waals surface area contributed by atoms with Gasteiger partial charge in [-0.2, -0.15) is 4.98 Å². The molecule has 3 aliphatic rings. The van der Waals surface area contributed by atoms with E-state index in [1.165, 1.54) is 19.2 Å². The summed E-state index contributed by atoms with van der Waals surface area (Å²) in [6, 6.07) is 7.87. The highest BCUT2D eigenvalue weighted by molar-refractivity contribution is 6.10. The van der Waals surface area contributed by atoms with E-state index < -0.39 is 11.7 Å². The number of hydrogen-bond donors (Lipinski definition) is 1. The molecular weight excluding hydrogens is 489 g/mol. The van der Waals surface area contributed by atoms with Crippen molar-refractivity contribution < 1.29 is 23.5 Å². The molecule has 10 heteroatoms. The van der Waals surface area contributed by atoms with Crippen LogP contribution in [0.1, 0.15) is 49.5 Å². The van der Waals surface area contributed by atoms with Crippen LogP contribution in [0.25, 0.3) is 0 Å². The van der Waals surface area contributed by atoms with Gasteiger partial charge in [-0.25, -0.2) is 9.18 Å². The Kier molecular flexibility index (Phi) is 7.99. The summed E-state index contributed by atoms with van der Waals surface area (Å²) in [6.45, 7) is 7.50. The van der Waals surface area contributed by atoms with Crippen molar-refractivity contribution in [3.8, 4) is 5.88 Å². The number of nitrogens with zero attached hydrogens (tertiary/aromatic N) is 4. The van der Waals surface area contributed by atoms with Crippen LogP contribution < -0.4 is 19.9 Å². The number of nitrogens with one attached hydrogen (secondary N) is 1. The number of ether oxygens (including phenoxy) is 2. The van der Waals surface area contributed by atoms with Gasteiger partial charge in [-0.1, -0.05) is 19.9 Å². The normalized spacial score (nSPS) is 20.0. The number of halogens is 1. The van der Waals surface area contributed by atoms with Crippen LogP contribution in [-0.4, -0.2) is 62.2 Å². The SMILES string of the molecule is C/C=C1\C(=NC)NC(=O)OC12CCN(c1cc(C(=O)N3CCc4cc(F)ccc43)cc(OC)n1)CC2.CC. The van der Waals surface area contributed by atoms with Crippen LogP contribution in [0.15, 0.2) is 47.0 Å². The predicted molar refractivity (Wildman–Crippen MR) is 145 cm³/mol. The Labute approximate surface area is 222 Å². The molecule has 0 atom stereocenters. The Morgan fingerprint density at radius 3 is 2.61 bits per heavy atom. The Morgan fingerprint density at radius 2 is 1.95 bits per heavy atom. The van der Waals surface area contributed by atoms with Crippen LogP contribution in [0.2, 0.25) is 0 Å². The minimum absolute atomic E-state index is 0.192. The average molecular weight is 524 g/mol. The second kappa shape index (κ2) is 11.2. The summed E-state index contributed by atoms with van der Waals surface area (Å²) in [5.41, 5.74) is 2.09. The molecule has 2 fully saturated rings. The van der Waals surface area contributed by atoms with Crippen molar-refractivity contribution in [2.24, 2.45) is 4.99 Å². The first-order valence-corrected chi connectivity index (χ1v) is 12.9. The highest BCUT2D eigenvalue weighted by Crippen LogP contribution is 2.38. The Morgan fingerprint density at radius 1 is 1.21 bits per heavy atom. The highest BCUT2D eigenvalue weighted by atomic mass is 19.1. The third-order valence-electron chi connectivity index (χ3n) is 7.09. The zero-order valence-electron chi connectivity index (χ0n) is 22.5. The van der Waals surface area contributed by atoms with Gasteiger partial charge in [0, 0.05) is 62.4 Å². The number of fused-ring (bicyclic) bond motifs is 1. The van der Waals surface area contributed by atoms with E-state index in [-0.39, 0.29) is 11.7 Å². The number of amidine groups is 1. The maximum absolute atomic E-state index is 13.6. The number of methoxy groups -OCH3 is 1. The summed E-state index contributed by atoms with van der Waals surface area (Å²) in [6.07, 6.45) is 3.12. The summed E-state index contributed by atoms with van der Waals surface area (Å²) in [5, 5.41) is 2.67. The molecule has 2 saturated heterocycles. The molecule has 1 aromatic heterocycles. The van der Waals surface area contributed by atoms with E-state index in [1.807, 2.05) is 26.8 Å². The fourth-order valence-electron chi connectivity index (χ4n) is 5.30. The number of carbonyl (C=O) groups is 2. The molecule has 202 valence electrons. The van der Waals surface area contributed by atoms with Crippen molar-refractivity contribution >= 4 is 29.3 Å². The average Bonchev–Trinajstić information content (AvgIpc) is 3.36. The van der Waals surface area contributed by atoms with Crippen LogP contribution in [-0.2, 0) is 11.2 Å². The minimum atomic E-state index is -0.755. The minimum Gasteiger partial charge on any atom is -0.481 e. The van der Waals surface area contributed by atoms with Crippen molar-refractivity contribution in [3.05, 3.63) is 58.9 Å². The van der Waals surface area contributed by atoms with Crippen molar-refractivity contribution in [2.45, 2.75) is 45.6 Å². The molecular formula is C28H34FN5O4. The smallest absolute Gasteiger partial charge is 0.413 e. The van der Waals surface area contributed by atoms with Crippen LogP contribution in [0, 0.1) is 5.82 Å². The van der Waals surface area contributed by atoms with Crippen LogP contribution in [0.3, 0.4) is 0 Å². The topological polar surface area (TPSA) is 96.4 Å². The fourth-order valence-corrected chi connectivity index (χ4v) is 5.30. The van der Waals surface area contributed by atoms with Gasteiger partial charge in [0.1, 0.15) is 23.1 Å². The molecule has 0 saturated carbocycles. The van der Waals surface area contributed by atoms with E-state index in [0.717, 1.165) is 16.8 Å². The van der Waals surface area contributed by atoms with E-state index in [0.29, 0.717) is 62.0 Å². The van der Waals surface area contributed by atoms with Gasteiger partial charge < -0.3 is 19.3 Å². The molecule has 0 aliphatic carbocycles. The number of amides is 2.